The van der Waals surface area contributed by atoms with Gasteiger partial charge in [-0.3, -0.25) is 0 Å². The molecule has 1 heterocycles. The number of halogens is 2. The first-order valence-electron chi connectivity index (χ1n) is 3.63. The SMILES string of the molecule is Cl.NCCCc1ccnc(Br)c1. The van der Waals surface area contributed by atoms with Crippen LogP contribution in [0.25, 0.3) is 0 Å². The fourth-order valence-corrected chi connectivity index (χ4v) is 1.32. The maximum Gasteiger partial charge on any atom is 0.106 e. The Kier molecular flexibility index (Phi) is 6.34. The van der Waals surface area contributed by atoms with E-state index in [2.05, 4.69) is 20.9 Å². The van der Waals surface area contributed by atoms with Gasteiger partial charge in [0.2, 0.25) is 0 Å². The van der Waals surface area contributed by atoms with Crippen LogP contribution in [0, 0.1) is 0 Å². The van der Waals surface area contributed by atoms with Crippen molar-refractivity contribution in [2.24, 2.45) is 5.73 Å². The molecule has 1 aromatic heterocycles. The first-order valence-corrected chi connectivity index (χ1v) is 4.42. The van der Waals surface area contributed by atoms with E-state index in [1.54, 1.807) is 6.20 Å². The molecule has 0 unspecified atom stereocenters. The summed E-state index contributed by atoms with van der Waals surface area (Å²) in [5, 5.41) is 0. The lowest BCUT2D eigenvalue weighted by molar-refractivity contribution is 0.830. The standard InChI is InChI=1S/C8H11BrN2.ClH/c9-8-6-7(2-1-4-10)3-5-11-8;/h3,5-6H,1-2,4,10H2;1H. The maximum absolute atomic E-state index is 5.39. The van der Waals surface area contributed by atoms with Crippen LogP contribution in [0.1, 0.15) is 12.0 Å². The van der Waals surface area contributed by atoms with Crippen molar-refractivity contribution < 1.29 is 0 Å². The van der Waals surface area contributed by atoms with E-state index in [1.807, 2.05) is 12.1 Å². The van der Waals surface area contributed by atoms with Crippen LogP contribution in [0.3, 0.4) is 0 Å². The minimum absolute atomic E-state index is 0. The third-order valence-electron chi connectivity index (χ3n) is 1.46. The smallest absolute Gasteiger partial charge is 0.106 e. The maximum atomic E-state index is 5.39. The largest absolute Gasteiger partial charge is 0.330 e. The summed E-state index contributed by atoms with van der Waals surface area (Å²) in [6.45, 7) is 0.750. The van der Waals surface area contributed by atoms with Gasteiger partial charge in [-0.2, -0.15) is 0 Å². The summed E-state index contributed by atoms with van der Waals surface area (Å²) in [6.07, 6.45) is 3.88. The number of rotatable bonds is 3. The molecule has 1 aromatic rings. The van der Waals surface area contributed by atoms with Gasteiger partial charge in [-0.15, -0.1) is 12.4 Å². The Hall–Kier alpha value is -0.120. The summed E-state index contributed by atoms with van der Waals surface area (Å²) in [4.78, 5) is 4.03. The van der Waals surface area contributed by atoms with E-state index in [-0.39, 0.29) is 12.4 Å². The van der Waals surface area contributed by atoms with Gasteiger partial charge in [-0.25, -0.2) is 4.98 Å². The fourth-order valence-electron chi connectivity index (χ4n) is 0.904. The highest BCUT2D eigenvalue weighted by Gasteiger charge is 1.92. The van der Waals surface area contributed by atoms with E-state index in [0.717, 1.165) is 24.0 Å². The van der Waals surface area contributed by atoms with Gasteiger partial charge in [0.05, 0.1) is 0 Å². The Bertz CT molecular complexity index is 230. The summed E-state index contributed by atoms with van der Waals surface area (Å²) < 4.78 is 0.895. The molecule has 0 radical (unpaired) electrons. The van der Waals surface area contributed by atoms with Crippen LogP contribution in [0.15, 0.2) is 22.9 Å². The highest BCUT2D eigenvalue weighted by Crippen LogP contribution is 2.09. The Morgan fingerprint density at radius 3 is 2.83 bits per heavy atom. The highest BCUT2D eigenvalue weighted by atomic mass is 79.9. The first-order chi connectivity index (χ1) is 5.33. The van der Waals surface area contributed by atoms with Gasteiger partial charge >= 0.3 is 0 Å². The molecule has 0 amide bonds. The molecule has 68 valence electrons. The number of nitrogens with zero attached hydrogens (tertiary/aromatic N) is 1. The molecule has 0 aromatic carbocycles. The van der Waals surface area contributed by atoms with Crippen LogP contribution in [-0.4, -0.2) is 11.5 Å². The minimum Gasteiger partial charge on any atom is -0.330 e. The Morgan fingerprint density at radius 1 is 1.50 bits per heavy atom. The number of aryl methyl sites for hydroxylation is 1. The highest BCUT2D eigenvalue weighted by molar-refractivity contribution is 9.10. The molecule has 2 N–H and O–H groups in total. The lowest BCUT2D eigenvalue weighted by Gasteiger charge is -1.98. The van der Waals surface area contributed by atoms with Gasteiger partial charge in [0, 0.05) is 6.20 Å². The molecule has 0 saturated heterocycles. The molecular formula is C8H12BrClN2. The lowest BCUT2D eigenvalue weighted by Crippen LogP contribution is -2.00. The normalized spacial score (nSPS) is 9.17. The van der Waals surface area contributed by atoms with E-state index in [4.69, 9.17) is 5.73 Å². The van der Waals surface area contributed by atoms with Crippen molar-refractivity contribution in [1.82, 2.24) is 4.98 Å². The summed E-state index contributed by atoms with van der Waals surface area (Å²) in [6, 6.07) is 4.04. The molecule has 0 bridgehead atoms. The topological polar surface area (TPSA) is 38.9 Å². The molecule has 0 fully saturated rings. The second kappa shape index (κ2) is 6.40. The van der Waals surface area contributed by atoms with Gasteiger partial charge in [-0.05, 0) is 53.0 Å². The average Bonchev–Trinajstić information content (AvgIpc) is 2.01. The summed E-state index contributed by atoms with van der Waals surface area (Å²) in [5.74, 6) is 0. The second-order valence-corrected chi connectivity index (χ2v) is 3.19. The predicted molar refractivity (Wildman–Crippen MR) is 56.6 cm³/mol. The molecule has 1 rings (SSSR count). The van der Waals surface area contributed by atoms with Crippen LogP contribution in [0.5, 0.6) is 0 Å². The molecule has 0 aliphatic rings. The van der Waals surface area contributed by atoms with E-state index in [1.165, 1.54) is 5.56 Å². The van der Waals surface area contributed by atoms with Gasteiger partial charge in [-0.1, -0.05) is 0 Å². The average molecular weight is 252 g/mol. The Balaban J connectivity index is 0.00000121. The van der Waals surface area contributed by atoms with Crippen molar-refractivity contribution in [1.29, 1.82) is 0 Å². The third-order valence-corrected chi connectivity index (χ3v) is 1.89. The molecule has 0 aliphatic heterocycles. The summed E-state index contributed by atoms with van der Waals surface area (Å²) in [5.41, 5.74) is 6.68. The molecule has 4 heteroatoms. The number of aromatic nitrogens is 1. The second-order valence-electron chi connectivity index (χ2n) is 2.38. The fraction of sp³-hybridized carbons (Fsp3) is 0.375. The zero-order valence-electron chi connectivity index (χ0n) is 6.66. The van der Waals surface area contributed by atoms with Crippen LogP contribution < -0.4 is 5.73 Å². The van der Waals surface area contributed by atoms with Crippen molar-refractivity contribution in [3.63, 3.8) is 0 Å². The van der Waals surface area contributed by atoms with Crippen molar-refractivity contribution >= 4 is 28.3 Å². The monoisotopic (exact) mass is 250 g/mol. The molecule has 0 aliphatic carbocycles. The summed E-state index contributed by atoms with van der Waals surface area (Å²) >= 11 is 3.31. The van der Waals surface area contributed by atoms with E-state index < -0.39 is 0 Å². The number of hydrogen-bond donors (Lipinski definition) is 1. The van der Waals surface area contributed by atoms with Crippen LogP contribution in [0.2, 0.25) is 0 Å². The van der Waals surface area contributed by atoms with E-state index in [0.29, 0.717) is 0 Å². The van der Waals surface area contributed by atoms with Gasteiger partial charge in [0.25, 0.3) is 0 Å². The van der Waals surface area contributed by atoms with Gasteiger partial charge in [0.15, 0.2) is 0 Å². The number of hydrogen-bond acceptors (Lipinski definition) is 2. The number of nitrogens with two attached hydrogens (primary N) is 1. The summed E-state index contributed by atoms with van der Waals surface area (Å²) in [7, 11) is 0. The molecule has 0 saturated carbocycles. The molecule has 2 nitrogen and oxygen atoms in total. The van der Waals surface area contributed by atoms with Crippen molar-refractivity contribution in [2.75, 3.05) is 6.54 Å². The number of pyridine rings is 1. The van der Waals surface area contributed by atoms with Crippen molar-refractivity contribution in [2.45, 2.75) is 12.8 Å². The molecule has 0 spiro atoms. The van der Waals surface area contributed by atoms with Crippen molar-refractivity contribution in [3.05, 3.63) is 28.5 Å². The van der Waals surface area contributed by atoms with Crippen molar-refractivity contribution in [3.8, 4) is 0 Å². The molecule has 0 atom stereocenters. The quantitative estimate of drug-likeness (QED) is 0.836. The van der Waals surface area contributed by atoms with Gasteiger partial charge in [0.1, 0.15) is 4.60 Å². The molecule has 12 heavy (non-hydrogen) atoms. The Morgan fingerprint density at radius 2 is 2.25 bits per heavy atom. The zero-order valence-corrected chi connectivity index (χ0v) is 9.07. The minimum atomic E-state index is 0. The van der Waals surface area contributed by atoms with Crippen LogP contribution >= 0.6 is 28.3 Å². The zero-order chi connectivity index (χ0) is 8.10. The van der Waals surface area contributed by atoms with Gasteiger partial charge < -0.3 is 5.73 Å². The van der Waals surface area contributed by atoms with E-state index >= 15 is 0 Å². The lowest BCUT2D eigenvalue weighted by atomic mass is 10.1. The predicted octanol–water partition coefficient (Wildman–Crippen LogP) is 2.16. The van der Waals surface area contributed by atoms with E-state index in [9.17, 15) is 0 Å². The Labute approximate surface area is 87.1 Å². The molecular weight excluding hydrogens is 239 g/mol. The van der Waals surface area contributed by atoms with Crippen LogP contribution in [0.4, 0.5) is 0 Å². The van der Waals surface area contributed by atoms with Crippen LogP contribution in [-0.2, 0) is 6.42 Å². The third kappa shape index (κ3) is 4.04. The first kappa shape index (κ1) is 11.9.